The number of hydrogen-bond acceptors (Lipinski definition) is 1. The summed E-state index contributed by atoms with van der Waals surface area (Å²) in [5.74, 6) is -10.5. The number of aromatic nitrogens is 3. The molecule has 0 spiro atoms. The monoisotopic (exact) mass is 336 g/mol. The van der Waals surface area contributed by atoms with Crippen molar-refractivity contribution >= 4 is 0 Å². The lowest BCUT2D eigenvalue weighted by Gasteiger charge is -2.12. The lowest BCUT2D eigenvalue weighted by atomic mass is 10.0. The first-order valence-corrected chi connectivity index (χ1v) is 6.90. The Morgan fingerprint density at radius 2 is 1.57 bits per heavy atom. The van der Waals surface area contributed by atoms with E-state index in [1.54, 1.807) is 0 Å². The van der Waals surface area contributed by atoms with Crippen molar-refractivity contribution in [1.82, 2.24) is 9.78 Å². The van der Waals surface area contributed by atoms with Crippen LogP contribution in [0.1, 0.15) is 38.3 Å². The third-order valence-electron chi connectivity index (χ3n) is 3.98. The van der Waals surface area contributed by atoms with Crippen LogP contribution in [0.25, 0.3) is 5.69 Å². The molecule has 0 amide bonds. The van der Waals surface area contributed by atoms with Crippen LogP contribution in [0.2, 0.25) is 0 Å². The molecule has 3 nitrogen and oxygen atoms in total. The Labute approximate surface area is 127 Å². The topological polar surface area (TPSA) is 21.7 Å². The van der Waals surface area contributed by atoms with E-state index in [0.717, 1.165) is 6.33 Å². The van der Waals surface area contributed by atoms with Crippen molar-refractivity contribution in [3.63, 3.8) is 0 Å². The van der Waals surface area contributed by atoms with Crippen molar-refractivity contribution in [2.75, 3.05) is 0 Å². The maximum absolute atomic E-state index is 14.0. The van der Waals surface area contributed by atoms with Gasteiger partial charge >= 0.3 is 5.82 Å². The fraction of sp³-hybridized carbons (Fsp3) is 0.429. The lowest BCUT2D eigenvalue weighted by molar-refractivity contribution is -0.723. The second-order valence-corrected chi connectivity index (χ2v) is 5.76. The van der Waals surface area contributed by atoms with Gasteiger partial charge in [0.2, 0.25) is 41.1 Å². The molecule has 124 valence electrons. The van der Waals surface area contributed by atoms with Gasteiger partial charge in [0.05, 0.1) is 6.04 Å². The molecule has 9 heteroatoms. The minimum atomic E-state index is -2.25. The Morgan fingerprint density at radius 3 is 2.09 bits per heavy atom. The molecular weight excluding hydrogens is 324 g/mol. The zero-order chi connectivity index (χ0) is 17.0. The van der Waals surface area contributed by atoms with E-state index in [0.29, 0.717) is 4.68 Å². The maximum atomic E-state index is 14.0. The van der Waals surface area contributed by atoms with Crippen LogP contribution < -0.4 is 4.57 Å². The van der Waals surface area contributed by atoms with Gasteiger partial charge in [-0.15, -0.1) is 0 Å². The van der Waals surface area contributed by atoms with Gasteiger partial charge in [0, 0.05) is 11.5 Å². The summed E-state index contributed by atoms with van der Waals surface area (Å²) in [6, 6.07) is -0.310. The molecule has 1 aliphatic rings. The lowest BCUT2D eigenvalue weighted by Crippen LogP contribution is -2.39. The van der Waals surface area contributed by atoms with Crippen LogP contribution in [0.15, 0.2) is 6.33 Å². The van der Waals surface area contributed by atoms with Crippen molar-refractivity contribution in [1.29, 1.82) is 0 Å². The molecule has 0 unspecified atom stereocenters. The van der Waals surface area contributed by atoms with Crippen LogP contribution in [0.4, 0.5) is 26.3 Å². The fourth-order valence-corrected chi connectivity index (χ4v) is 2.77. The molecule has 23 heavy (non-hydrogen) atoms. The molecule has 0 radical (unpaired) electrons. The molecule has 0 fully saturated rings. The SMILES string of the molecule is CC(C)[C@H]1C[C@@H](F)c2nn(-c3c(F)c(F)c(F)c(F)c3F)c[n+]21. The average Bonchev–Trinajstić information content (AvgIpc) is 3.04. The quantitative estimate of drug-likeness (QED) is 0.356. The number of rotatable bonds is 2. The summed E-state index contributed by atoms with van der Waals surface area (Å²) in [5, 5.41) is 3.68. The molecule has 0 bridgehead atoms. The third-order valence-corrected chi connectivity index (χ3v) is 3.98. The molecule has 0 aliphatic carbocycles. The highest BCUT2D eigenvalue weighted by atomic mass is 19.2. The van der Waals surface area contributed by atoms with Crippen molar-refractivity contribution < 1.29 is 30.9 Å². The fourth-order valence-electron chi connectivity index (χ4n) is 2.77. The summed E-state index contributed by atoms with van der Waals surface area (Å²) in [5.41, 5.74) is -1.22. The van der Waals surface area contributed by atoms with Crippen LogP contribution in [-0.4, -0.2) is 9.78 Å². The van der Waals surface area contributed by atoms with E-state index in [9.17, 15) is 26.3 Å². The Balaban J connectivity index is 2.20. The Hall–Kier alpha value is -2.06. The van der Waals surface area contributed by atoms with Crippen molar-refractivity contribution in [2.24, 2.45) is 5.92 Å². The second kappa shape index (κ2) is 5.24. The third kappa shape index (κ3) is 2.21. The Kier molecular flexibility index (Phi) is 3.61. The Bertz CT molecular complexity index is 756. The number of hydrogen-bond donors (Lipinski definition) is 0. The van der Waals surface area contributed by atoms with Crippen LogP contribution in [0, 0.1) is 35.0 Å². The van der Waals surface area contributed by atoms with Gasteiger partial charge in [0.15, 0.2) is 6.17 Å². The van der Waals surface area contributed by atoms with Crippen LogP contribution in [-0.2, 0) is 0 Å². The predicted molar refractivity (Wildman–Crippen MR) is 65.9 cm³/mol. The molecule has 1 aromatic heterocycles. The van der Waals surface area contributed by atoms with E-state index >= 15 is 0 Å². The normalized spacial score (nSPS) is 20.4. The zero-order valence-electron chi connectivity index (χ0n) is 12.1. The molecule has 0 saturated carbocycles. The molecule has 1 aromatic carbocycles. The average molecular weight is 336 g/mol. The number of alkyl halides is 1. The summed E-state index contributed by atoms with van der Waals surface area (Å²) in [7, 11) is 0. The number of fused-ring (bicyclic) bond motifs is 1. The number of benzene rings is 1. The summed E-state index contributed by atoms with van der Waals surface area (Å²) in [6.07, 6.45) is -0.264. The van der Waals surface area contributed by atoms with Gasteiger partial charge in [-0.1, -0.05) is 18.5 Å². The predicted octanol–water partition coefficient (Wildman–Crippen LogP) is 3.47. The molecule has 2 heterocycles. The standard InChI is InChI=1S/C14H12F6N3/c1-5(2)7-3-6(15)14-21-23(4-22(7)14)13-11(19)9(17)8(16)10(18)12(13)20/h4-7H,3H2,1-2H3/q+1/t6-,7-/m1/s1. The van der Waals surface area contributed by atoms with Gasteiger partial charge in [0.1, 0.15) is 0 Å². The van der Waals surface area contributed by atoms with Gasteiger partial charge in [-0.05, 0) is 5.92 Å². The highest BCUT2D eigenvalue weighted by molar-refractivity contribution is 5.36. The second-order valence-electron chi connectivity index (χ2n) is 5.76. The van der Waals surface area contributed by atoms with Crippen LogP contribution in [0.5, 0.6) is 0 Å². The molecule has 2 atom stereocenters. The highest BCUT2D eigenvalue weighted by Gasteiger charge is 2.43. The minimum Gasteiger partial charge on any atom is -0.235 e. The van der Waals surface area contributed by atoms with Crippen molar-refractivity contribution in [2.45, 2.75) is 32.5 Å². The summed E-state index contributed by atoms with van der Waals surface area (Å²) in [6.45, 7) is 3.66. The molecule has 0 N–H and O–H groups in total. The van der Waals surface area contributed by atoms with E-state index < -0.39 is 40.9 Å². The van der Waals surface area contributed by atoms with E-state index in [1.807, 2.05) is 13.8 Å². The smallest absolute Gasteiger partial charge is 0.235 e. The minimum absolute atomic E-state index is 0.00790. The highest BCUT2D eigenvalue weighted by Crippen LogP contribution is 2.34. The van der Waals surface area contributed by atoms with E-state index in [-0.39, 0.29) is 24.2 Å². The van der Waals surface area contributed by atoms with Crippen LogP contribution in [0.3, 0.4) is 0 Å². The molecule has 0 saturated heterocycles. The largest absolute Gasteiger partial charge is 0.312 e. The van der Waals surface area contributed by atoms with Gasteiger partial charge in [0.25, 0.3) is 0 Å². The van der Waals surface area contributed by atoms with E-state index in [4.69, 9.17) is 0 Å². The molecule has 2 aromatic rings. The molecular formula is C14H12F6N3+. The first-order valence-electron chi connectivity index (χ1n) is 6.90. The molecule has 1 aliphatic heterocycles. The van der Waals surface area contributed by atoms with Gasteiger partial charge in [-0.2, -0.15) is 8.78 Å². The van der Waals surface area contributed by atoms with E-state index in [1.165, 1.54) is 4.57 Å². The number of nitrogens with zero attached hydrogens (tertiary/aromatic N) is 3. The van der Waals surface area contributed by atoms with Crippen LogP contribution >= 0.6 is 0 Å². The summed E-state index contributed by atoms with van der Waals surface area (Å²) >= 11 is 0. The van der Waals surface area contributed by atoms with Gasteiger partial charge in [-0.3, -0.25) is 0 Å². The van der Waals surface area contributed by atoms with Gasteiger partial charge < -0.3 is 0 Å². The molecule has 3 rings (SSSR count). The number of halogens is 6. The van der Waals surface area contributed by atoms with Gasteiger partial charge in [-0.25, -0.2) is 22.1 Å². The zero-order valence-corrected chi connectivity index (χ0v) is 12.1. The Morgan fingerprint density at radius 1 is 1.04 bits per heavy atom. The summed E-state index contributed by atoms with van der Waals surface area (Å²) in [4.78, 5) is 0. The maximum Gasteiger partial charge on any atom is 0.312 e. The summed E-state index contributed by atoms with van der Waals surface area (Å²) < 4.78 is 83.1. The van der Waals surface area contributed by atoms with E-state index in [2.05, 4.69) is 5.10 Å². The first kappa shape index (κ1) is 15.8. The van der Waals surface area contributed by atoms with Crippen molar-refractivity contribution in [3.8, 4) is 5.69 Å². The van der Waals surface area contributed by atoms with Crippen molar-refractivity contribution in [3.05, 3.63) is 41.2 Å². The first-order chi connectivity index (χ1) is 10.7.